The van der Waals surface area contributed by atoms with Gasteiger partial charge in [0.25, 0.3) is 0 Å². The van der Waals surface area contributed by atoms with Crippen LogP contribution in [0.15, 0.2) is 5.16 Å². The second kappa shape index (κ2) is 4.61. The van der Waals surface area contributed by atoms with Gasteiger partial charge in [-0.05, 0) is 20.3 Å². The number of hydrogen-bond acceptors (Lipinski definition) is 4. The summed E-state index contributed by atoms with van der Waals surface area (Å²) in [6.45, 7) is 5.70. The smallest absolute Gasteiger partial charge is 0.140 e. The van der Waals surface area contributed by atoms with Crippen LogP contribution in [0.5, 0.6) is 0 Å². The van der Waals surface area contributed by atoms with E-state index in [4.69, 9.17) is 15.7 Å². The van der Waals surface area contributed by atoms with E-state index < -0.39 is 0 Å². The second-order valence-electron chi connectivity index (χ2n) is 3.95. The molecule has 0 aromatic heterocycles. The molecule has 1 aliphatic rings. The van der Waals surface area contributed by atoms with Gasteiger partial charge in [-0.3, -0.25) is 0 Å². The molecule has 0 aromatic rings. The summed E-state index contributed by atoms with van der Waals surface area (Å²) in [4.78, 5) is 0. The van der Waals surface area contributed by atoms with Crippen LogP contribution in [0.3, 0.4) is 0 Å². The van der Waals surface area contributed by atoms with E-state index in [1.165, 1.54) is 0 Å². The van der Waals surface area contributed by atoms with Gasteiger partial charge in [-0.25, -0.2) is 0 Å². The van der Waals surface area contributed by atoms with E-state index in [0.29, 0.717) is 13.0 Å². The summed E-state index contributed by atoms with van der Waals surface area (Å²) in [6, 6.07) is 0. The van der Waals surface area contributed by atoms with Gasteiger partial charge in [0.2, 0.25) is 0 Å². The van der Waals surface area contributed by atoms with Gasteiger partial charge in [0.1, 0.15) is 5.84 Å². The maximum Gasteiger partial charge on any atom is 0.140 e. The fourth-order valence-electron chi connectivity index (χ4n) is 1.59. The van der Waals surface area contributed by atoms with Crippen molar-refractivity contribution in [1.82, 2.24) is 5.32 Å². The van der Waals surface area contributed by atoms with Crippen LogP contribution in [-0.2, 0) is 4.74 Å². The molecule has 4 N–H and O–H groups in total. The summed E-state index contributed by atoms with van der Waals surface area (Å²) in [5, 5.41) is 14.6. The third kappa shape index (κ3) is 2.59. The molecular formula is C9H19N3O2. The minimum atomic E-state index is 0.0235. The van der Waals surface area contributed by atoms with Crippen molar-refractivity contribution in [3.05, 3.63) is 0 Å². The Hall–Kier alpha value is -0.810. The number of amidine groups is 1. The Labute approximate surface area is 84.3 Å². The fraction of sp³-hybridized carbons (Fsp3) is 0.889. The number of nitrogens with one attached hydrogen (secondary N) is 1. The molecule has 5 nitrogen and oxygen atoms in total. The van der Waals surface area contributed by atoms with Crippen LogP contribution >= 0.6 is 0 Å². The molecule has 2 atom stereocenters. The lowest BCUT2D eigenvalue weighted by atomic mass is 9.94. The fourth-order valence-corrected chi connectivity index (χ4v) is 1.59. The maximum absolute atomic E-state index is 8.35. The van der Waals surface area contributed by atoms with Crippen LogP contribution in [0.1, 0.15) is 26.7 Å². The molecule has 0 spiro atoms. The Morgan fingerprint density at radius 3 is 3.00 bits per heavy atom. The van der Waals surface area contributed by atoms with E-state index in [-0.39, 0.29) is 17.5 Å². The number of oxime groups is 1. The normalized spacial score (nSPS) is 33.6. The molecule has 1 fully saturated rings. The SMILES string of the molecule is CC1OCCC1(C)NCCC(N)=NO. The number of rotatable bonds is 4. The summed E-state index contributed by atoms with van der Waals surface area (Å²) >= 11 is 0. The number of nitrogens with zero attached hydrogens (tertiary/aromatic N) is 1. The Bertz CT molecular complexity index is 220. The van der Waals surface area contributed by atoms with E-state index in [1.807, 2.05) is 0 Å². The van der Waals surface area contributed by atoms with Crippen molar-refractivity contribution in [2.24, 2.45) is 10.9 Å². The van der Waals surface area contributed by atoms with Crippen LogP contribution in [0, 0.1) is 0 Å². The molecule has 14 heavy (non-hydrogen) atoms. The first kappa shape index (κ1) is 11.3. The predicted molar refractivity (Wildman–Crippen MR) is 54.5 cm³/mol. The Morgan fingerprint density at radius 1 is 1.79 bits per heavy atom. The van der Waals surface area contributed by atoms with E-state index in [1.54, 1.807) is 0 Å². The van der Waals surface area contributed by atoms with Gasteiger partial charge in [0.05, 0.1) is 6.10 Å². The highest BCUT2D eigenvalue weighted by atomic mass is 16.5. The highest BCUT2D eigenvalue weighted by Crippen LogP contribution is 2.24. The molecule has 2 unspecified atom stereocenters. The average molecular weight is 201 g/mol. The number of ether oxygens (including phenoxy) is 1. The van der Waals surface area contributed by atoms with Crippen LogP contribution < -0.4 is 11.1 Å². The maximum atomic E-state index is 8.35. The van der Waals surface area contributed by atoms with Crippen molar-refractivity contribution in [1.29, 1.82) is 0 Å². The van der Waals surface area contributed by atoms with Crippen molar-refractivity contribution < 1.29 is 9.94 Å². The van der Waals surface area contributed by atoms with Crippen LogP contribution in [0.4, 0.5) is 0 Å². The lowest BCUT2D eigenvalue weighted by molar-refractivity contribution is 0.0891. The molecule has 0 aliphatic carbocycles. The van der Waals surface area contributed by atoms with Crippen molar-refractivity contribution in [2.45, 2.75) is 38.3 Å². The summed E-state index contributed by atoms with van der Waals surface area (Å²) in [6.07, 6.45) is 1.78. The first-order valence-corrected chi connectivity index (χ1v) is 4.91. The molecule has 0 bridgehead atoms. The van der Waals surface area contributed by atoms with Gasteiger partial charge >= 0.3 is 0 Å². The molecule has 1 saturated heterocycles. The topological polar surface area (TPSA) is 79.9 Å². The standard InChI is InChI=1S/C9H19N3O2/c1-7-9(2,4-6-14-7)11-5-3-8(10)12-13/h7,11,13H,3-6H2,1-2H3,(H2,10,12). The molecule has 0 saturated carbocycles. The number of hydrogen-bond donors (Lipinski definition) is 3. The molecule has 0 aromatic carbocycles. The van der Waals surface area contributed by atoms with Crippen molar-refractivity contribution in [3.63, 3.8) is 0 Å². The summed E-state index contributed by atoms with van der Waals surface area (Å²) in [5.41, 5.74) is 5.39. The average Bonchev–Trinajstić information content (AvgIpc) is 2.47. The Balaban J connectivity index is 2.30. The monoisotopic (exact) mass is 201 g/mol. The van der Waals surface area contributed by atoms with E-state index in [0.717, 1.165) is 13.0 Å². The van der Waals surface area contributed by atoms with Crippen molar-refractivity contribution in [2.75, 3.05) is 13.2 Å². The minimum Gasteiger partial charge on any atom is -0.409 e. The molecule has 0 amide bonds. The number of nitrogens with two attached hydrogens (primary N) is 1. The largest absolute Gasteiger partial charge is 0.409 e. The van der Waals surface area contributed by atoms with Gasteiger partial charge in [-0.15, -0.1) is 0 Å². The molecular weight excluding hydrogens is 182 g/mol. The third-order valence-corrected chi connectivity index (χ3v) is 2.92. The first-order chi connectivity index (χ1) is 6.58. The molecule has 1 aliphatic heterocycles. The van der Waals surface area contributed by atoms with Gasteiger partial charge in [0, 0.05) is 25.1 Å². The lowest BCUT2D eigenvalue weighted by Gasteiger charge is -2.28. The minimum absolute atomic E-state index is 0.0235. The second-order valence-corrected chi connectivity index (χ2v) is 3.95. The van der Waals surface area contributed by atoms with Gasteiger partial charge in [0.15, 0.2) is 0 Å². The molecule has 1 heterocycles. The molecule has 5 heteroatoms. The quantitative estimate of drug-likeness (QED) is 0.264. The summed E-state index contributed by atoms with van der Waals surface area (Å²) in [7, 11) is 0. The highest BCUT2D eigenvalue weighted by Gasteiger charge is 2.36. The van der Waals surface area contributed by atoms with Crippen molar-refractivity contribution in [3.8, 4) is 0 Å². The third-order valence-electron chi connectivity index (χ3n) is 2.92. The van der Waals surface area contributed by atoms with E-state index in [9.17, 15) is 0 Å². The summed E-state index contributed by atoms with van der Waals surface area (Å²) < 4.78 is 5.48. The van der Waals surface area contributed by atoms with Gasteiger partial charge in [-0.2, -0.15) is 0 Å². The lowest BCUT2D eigenvalue weighted by Crippen LogP contribution is -2.48. The van der Waals surface area contributed by atoms with E-state index >= 15 is 0 Å². The first-order valence-electron chi connectivity index (χ1n) is 4.91. The molecule has 1 rings (SSSR count). The Morgan fingerprint density at radius 2 is 2.50 bits per heavy atom. The van der Waals surface area contributed by atoms with Crippen molar-refractivity contribution >= 4 is 5.84 Å². The zero-order valence-corrected chi connectivity index (χ0v) is 8.79. The zero-order chi connectivity index (χ0) is 10.6. The van der Waals surface area contributed by atoms with Crippen LogP contribution in [-0.4, -0.2) is 35.8 Å². The van der Waals surface area contributed by atoms with Crippen LogP contribution in [0.25, 0.3) is 0 Å². The molecule has 0 radical (unpaired) electrons. The van der Waals surface area contributed by atoms with E-state index in [2.05, 4.69) is 24.3 Å². The zero-order valence-electron chi connectivity index (χ0n) is 8.79. The predicted octanol–water partition coefficient (Wildman–Crippen LogP) is 0.280. The molecule has 82 valence electrons. The van der Waals surface area contributed by atoms with Gasteiger partial charge in [-0.1, -0.05) is 5.16 Å². The van der Waals surface area contributed by atoms with Gasteiger partial charge < -0.3 is 21.0 Å². The summed E-state index contributed by atoms with van der Waals surface area (Å²) in [5.74, 6) is 0.257. The Kier molecular flexibility index (Phi) is 3.71. The van der Waals surface area contributed by atoms with Crippen LogP contribution in [0.2, 0.25) is 0 Å². The highest BCUT2D eigenvalue weighted by molar-refractivity contribution is 5.79.